The van der Waals surface area contributed by atoms with Crippen LogP contribution in [0.3, 0.4) is 0 Å². The summed E-state index contributed by atoms with van der Waals surface area (Å²) in [5.41, 5.74) is -0.872. The van der Waals surface area contributed by atoms with Crippen molar-refractivity contribution in [2.75, 3.05) is 31.1 Å². The Morgan fingerprint density at radius 3 is 2.62 bits per heavy atom. The van der Waals surface area contributed by atoms with Gasteiger partial charge in [-0.3, -0.25) is 4.79 Å². The van der Waals surface area contributed by atoms with Gasteiger partial charge in [0.2, 0.25) is 0 Å². The summed E-state index contributed by atoms with van der Waals surface area (Å²) >= 11 is 3.17. The van der Waals surface area contributed by atoms with Crippen molar-refractivity contribution in [3.63, 3.8) is 0 Å². The average molecular weight is 440 g/mol. The highest BCUT2D eigenvalue weighted by atomic mass is 79.9. The second-order valence-corrected chi connectivity index (χ2v) is 6.60. The van der Waals surface area contributed by atoms with Gasteiger partial charge in [-0.05, 0) is 28.4 Å². The fourth-order valence-corrected chi connectivity index (χ4v) is 3.26. The number of rotatable bonds is 3. The van der Waals surface area contributed by atoms with Crippen LogP contribution in [0.1, 0.15) is 18.1 Å². The molecule has 0 spiro atoms. The van der Waals surface area contributed by atoms with Gasteiger partial charge in [0.1, 0.15) is 12.4 Å². The molecule has 1 fully saturated rings. The summed E-state index contributed by atoms with van der Waals surface area (Å²) in [4.78, 5) is 29.1. The molecule has 1 aliphatic rings. The standard InChI is InChI=1S/C15H17BrF3N3O4/c1-8-11(15(17,18)19)5-20-13(12(8)16)22-4-3-21(14(24)25)6-10(22)7-26-9(2)23/h5,10H,3-4,6-7H2,1-2H3,(H,24,25)/t10-/m1/s1. The summed E-state index contributed by atoms with van der Waals surface area (Å²) < 4.78 is 44.2. The maximum absolute atomic E-state index is 13.0. The number of alkyl halides is 3. The highest BCUT2D eigenvalue weighted by Crippen LogP contribution is 2.38. The monoisotopic (exact) mass is 439 g/mol. The van der Waals surface area contributed by atoms with Gasteiger partial charge in [-0.25, -0.2) is 9.78 Å². The number of ether oxygens (including phenoxy) is 1. The zero-order chi connectivity index (χ0) is 19.6. The molecule has 0 aromatic carbocycles. The number of carboxylic acid groups (broad SMARTS) is 1. The first kappa shape index (κ1) is 20.3. The van der Waals surface area contributed by atoms with E-state index in [0.29, 0.717) is 0 Å². The topological polar surface area (TPSA) is 83.0 Å². The number of nitrogens with zero attached hydrogens (tertiary/aromatic N) is 3. The number of esters is 1. The molecular weight excluding hydrogens is 423 g/mol. The van der Waals surface area contributed by atoms with Gasteiger partial charge in [0, 0.05) is 32.8 Å². The van der Waals surface area contributed by atoms with E-state index in [1.165, 1.54) is 13.8 Å². The molecule has 26 heavy (non-hydrogen) atoms. The number of hydrogen-bond donors (Lipinski definition) is 1. The first-order valence-electron chi connectivity index (χ1n) is 7.62. The third kappa shape index (κ3) is 4.37. The zero-order valence-electron chi connectivity index (χ0n) is 14.0. The first-order chi connectivity index (χ1) is 12.0. The smallest absolute Gasteiger partial charge is 0.418 e. The molecule has 0 unspecified atom stereocenters. The Bertz CT molecular complexity index is 714. The molecule has 1 saturated heterocycles. The van der Waals surface area contributed by atoms with Crippen molar-refractivity contribution >= 4 is 33.8 Å². The molecule has 1 aromatic rings. The van der Waals surface area contributed by atoms with Crippen LogP contribution in [-0.2, 0) is 15.7 Å². The average Bonchev–Trinajstić information content (AvgIpc) is 2.54. The molecule has 1 aromatic heterocycles. The van der Waals surface area contributed by atoms with Crippen LogP contribution in [0.25, 0.3) is 0 Å². The number of hydrogen-bond acceptors (Lipinski definition) is 5. The number of halogens is 4. The van der Waals surface area contributed by atoms with Crippen molar-refractivity contribution in [3.05, 3.63) is 21.8 Å². The van der Waals surface area contributed by atoms with Crippen molar-refractivity contribution in [3.8, 4) is 0 Å². The molecule has 1 atom stereocenters. The van der Waals surface area contributed by atoms with Gasteiger partial charge in [-0.2, -0.15) is 13.2 Å². The molecule has 0 saturated carbocycles. The molecule has 144 valence electrons. The number of pyridine rings is 1. The van der Waals surface area contributed by atoms with Crippen molar-refractivity contribution in [2.24, 2.45) is 0 Å². The van der Waals surface area contributed by atoms with E-state index in [2.05, 4.69) is 20.9 Å². The highest BCUT2D eigenvalue weighted by molar-refractivity contribution is 9.10. The fourth-order valence-electron chi connectivity index (χ4n) is 2.72. The highest BCUT2D eigenvalue weighted by Gasteiger charge is 2.37. The number of carbonyl (C=O) groups is 2. The Morgan fingerprint density at radius 2 is 2.08 bits per heavy atom. The molecule has 0 radical (unpaired) electrons. The minimum atomic E-state index is -4.53. The van der Waals surface area contributed by atoms with Crippen LogP contribution in [0.4, 0.5) is 23.8 Å². The van der Waals surface area contributed by atoms with Crippen LogP contribution in [0.15, 0.2) is 10.7 Å². The lowest BCUT2D eigenvalue weighted by Crippen LogP contribution is -2.56. The summed E-state index contributed by atoms with van der Waals surface area (Å²) in [5, 5.41) is 9.16. The number of carbonyl (C=O) groups excluding carboxylic acids is 1. The van der Waals surface area contributed by atoms with Gasteiger partial charge < -0.3 is 19.6 Å². The molecule has 2 rings (SSSR count). The summed E-state index contributed by atoms with van der Waals surface area (Å²) in [6.45, 7) is 2.84. The number of anilines is 1. The zero-order valence-corrected chi connectivity index (χ0v) is 15.6. The van der Waals surface area contributed by atoms with Gasteiger partial charge in [0.15, 0.2) is 0 Å². The van der Waals surface area contributed by atoms with E-state index >= 15 is 0 Å². The predicted molar refractivity (Wildman–Crippen MR) is 89.0 cm³/mol. The van der Waals surface area contributed by atoms with Crippen LogP contribution >= 0.6 is 15.9 Å². The van der Waals surface area contributed by atoms with Gasteiger partial charge >= 0.3 is 18.2 Å². The van der Waals surface area contributed by atoms with Gasteiger partial charge in [0.25, 0.3) is 0 Å². The van der Waals surface area contributed by atoms with Crippen LogP contribution < -0.4 is 4.90 Å². The maximum Gasteiger partial charge on any atom is 0.418 e. The number of aromatic nitrogens is 1. The summed E-state index contributed by atoms with van der Waals surface area (Å²) in [6.07, 6.45) is -4.90. The van der Waals surface area contributed by atoms with Crippen molar-refractivity contribution in [1.82, 2.24) is 9.88 Å². The molecule has 2 heterocycles. The van der Waals surface area contributed by atoms with E-state index in [1.54, 1.807) is 4.90 Å². The van der Waals surface area contributed by atoms with E-state index in [-0.39, 0.29) is 42.1 Å². The van der Waals surface area contributed by atoms with E-state index < -0.39 is 29.8 Å². The molecule has 1 amide bonds. The molecule has 0 aliphatic carbocycles. The molecule has 0 bridgehead atoms. The van der Waals surface area contributed by atoms with Crippen LogP contribution in [0.2, 0.25) is 0 Å². The Kier molecular flexibility index (Phi) is 5.99. The van der Waals surface area contributed by atoms with Crippen molar-refractivity contribution in [2.45, 2.75) is 26.1 Å². The molecule has 11 heteroatoms. The SMILES string of the molecule is CC(=O)OC[C@H]1CN(C(=O)O)CCN1c1ncc(C(F)(F)F)c(C)c1Br. The molecule has 1 aliphatic heterocycles. The maximum atomic E-state index is 13.0. The quantitative estimate of drug-likeness (QED) is 0.729. The number of piperazine rings is 1. The lowest BCUT2D eigenvalue weighted by Gasteiger charge is -2.41. The summed E-state index contributed by atoms with van der Waals surface area (Å²) in [6, 6.07) is -0.566. The fraction of sp³-hybridized carbons (Fsp3) is 0.533. The van der Waals surface area contributed by atoms with E-state index in [0.717, 1.165) is 11.1 Å². The Hall–Kier alpha value is -2.04. The summed E-state index contributed by atoms with van der Waals surface area (Å²) in [7, 11) is 0. The van der Waals surface area contributed by atoms with Crippen LogP contribution in [-0.4, -0.2) is 59.3 Å². The molecule has 1 N–H and O–H groups in total. The lowest BCUT2D eigenvalue weighted by molar-refractivity contribution is -0.141. The largest absolute Gasteiger partial charge is 0.465 e. The van der Waals surface area contributed by atoms with E-state index in [1.807, 2.05) is 0 Å². The Labute approximate surface area is 155 Å². The van der Waals surface area contributed by atoms with E-state index in [9.17, 15) is 22.8 Å². The second-order valence-electron chi connectivity index (χ2n) is 5.81. The second kappa shape index (κ2) is 7.68. The Morgan fingerprint density at radius 1 is 1.42 bits per heavy atom. The minimum absolute atomic E-state index is 0.0191. The van der Waals surface area contributed by atoms with Crippen molar-refractivity contribution < 1.29 is 32.6 Å². The molecule has 7 nitrogen and oxygen atoms in total. The summed E-state index contributed by atoms with van der Waals surface area (Å²) in [5.74, 6) is -0.286. The first-order valence-corrected chi connectivity index (χ1v) is 8.41. The minimum Gasteiger partial charge on any atom is -0.465 e. The molecular formula is C15H17BrF3N3O4. The van der Waals surface area contributed by atoms with Gasteiger partial charge in [-0.15, -0.1) is 0 Å². The van der Waals surface area contributed by atoms with Crippen LogP contribution in [0.5, 0.6) is 0 Å². The van der Waals surface area contributed by atoms with Gasteiger partial charge in [-0.1, -0.05) is 0 Å². The Balaban J connectivity index is 2.36. The third-order valence-corrected chi connectivity index (χ3v) is 5.00. The van der Waals surface area contributed by atoms with Gasteiger partial charge in [0.05, 0.1) is 16.1 Å². The van der Waals surface area contributed by atoms with Crippen LogP contribution in [0, 0.1) is 6.92 Å². The lowest BCUT2D eigenvalue weighted by atomic mass is 10.1. The predicted octanol–water partition coefficient (Wildman–Crippen LogP) is 2.90. The third-order valence-electron chi connectivity index (χ3n) is 4.06. The van der Waals surface area contributed by atoms with Crippen molar-refractivity contribution in [1.29, 1.82) is 0 Å². The number of amides is 1. The normalized spacial score (nSPS) is 18.0. The van der Waals surface area contributed by atoms with E-state index in [4.69, 9.17) is 9.84 Å².